The molecule has 1 heterocycles. The van der Waals surface area contributed by atoms with E-state index in [2.05, 4.69) is 15.3 Å². The van der Waals surface area contributed by atoms with E-state index in [0.717, 1.165) is 24.0 Å². The number of nitrogens with one attached hydrogen (secondary N) is 2. The number of hydrogen-bond donors (Lipinski definition) is 3. The number of amides is 1. The molecule has 0 bridgehead atoms. The minimum Gasteiger partial charge on any atom is -0.390 e. The highest BCUT2D eigenvalue weighted by atomic mass is 16.3. The Labute approximate surface area is 132 Å². The van der Waals surface area contributed by atoms with Crippen LogP contribution in [0.1, 0.15) is 52.1 Å². The molecular weight excluding hydrogens is 294 g/mol. The Morgan fingerprint density at radius 3 is 2.83 bits per heavy atom. The van der Waals surface area contributed by atoms with Gasteiger partial charge in [0.25, 0.3) is 11.5 Å². The van der Waals surface area contributed by atoms with Gasteiger partial charge in [-0.15, -0.1) is 0 Å². The molecule has 23 heavy (non-hydrogen) atoms. The van der Waals surface area contributed by atoms with Gasteiger partial charge in [-0.25, -0.2) is 4.98 Å². The van der Waals surface area contributed by atoms with Gasteiger partial charge in [0, 0.05) is 18.5 Å². The Hall–Kier alpha value is -2.47. The lowest BCUT2D eigenvalue weighted by Gasteiger charge is -2.17. The van der Waals surface area contributed by atoms with E-state index in [4.69, 9.17) is 0 Å². The van der Waals surface area contributed by atoms with Gasteiger partial charge < -0.3 is 15.4 Å². The fraction of sp³-hybridized carbons (Fsp3) is 0.353. The maximum atomic E-state index is 12.4. The molecule has 0 unspecified atom stereocenters. The molecule has 0 spiro atoms. The van der Waals surface area contributed by atoms with E-state index in [1.54, 1.807) is 0 Å². The minimum absolute atomic E-state index is 0.0222. The first-order valence-electron chi connectivity index (χ1n) is 7.79. The van der Waals surface area contributed by atoms with Crippen LogP contribution in [0.3, 0.4) is 0 Å². The van der Waals surface area contributed by atoms with Crippen LogP contribution in [-0.4, -0.2) is 27.1 Å². The molecule has 2 aromatic rings. The van der Waals surface area contributed by atoms with Crippen LogP contribution in [0.25, 0.3) is 0 Å². The van der Waals surface area contributed by atoms with Crippen molar-refractivity contribution in [2.75, 3.05) is 0 Å². The molecular formula is C17H17N3O3. The van der Waals surface area contributed by atoms with Gasteiger partial charge in [-0.1, -0.05) is 24.3 Å². The largest absolute Gasteiger partial charge is 0.390 e. The number of aliphatic hydroxyl groups is 1. The number of hydrogen-bond acceptors (Lipinski definition) is 4. The van der Waals surface area contributed by atoms with E-state index < -0.39 is 23.6 Å². The van der Waals surface area contributed by atoms with E-state index >= 15 is 0 Å². The smallest absolute Gasteiger partial charge is 0.263 e. The molecule has 1 fully saturated rings. The summed E-state index contributed by atoms with van der Waals surface area (Å²) in [6.07, 6.45) is 3.19. The number of fused-ring (bicyclic) bond motifs is 1. The number of aliphatic hydroxyl groups excluding tert-OH is 1. The van der Waals surface area contributed by atoms with Crippen LogP contribution in [0.5, 0.6) is 0 Å². The van der Waals surface area contributed by atoms with Crippen LogP contribution in [-0.2, 0) is 6.42 Å². The molecule has 0 aliphatic heterocycles. The van der Waals surface area contributed by atoms with Crippen LogP contribution < -0.4 is 10.9 Å². The Morgan fingerprint density at radius 1 is 1.30 bits per heavy atom. The molecule has 6 heteroatoms. The molecule has 6 nitrogen and oxygen atoms in total. The van der Waals surface area contributed by atoms with E-state index in [1.165, 1.54) is 6.20 Å². The van der Waals surface area contributed by atoms with Gasteiger partial charge in [0.2, 0.25) is 0 Å². The van der Waals surface area contributed by atoms with E-state index in [-0.39, 0.29) is 5.56 Å². The maximum absolute atomic E-state index is 12.4. The monoisotopic (exact) mass is 311 g/mol. The highest BCUT2D eigenvalue weighted by Gasteiger charge is 2.33. The van der Waals surface area contributed by atoms with Crippen molar-refractivity contribution < 1.29 is 9.90 Å². The summed E-state index contributed by atoms with van der Waals surface area (Å²) in [4.78, 5) is 31.4. The first kappa shape index (κ1) is 14.1. The lowest BCUT2D eigenvalue weighted by atomic mass is 10.1. The summed E-state index contributed by atoms with van der Waals surface area (Å²) >= 11 is 0. The van der Waals surface area contributed by atoms with Gasteiger partial charge in [-0.3, -0.25) is 9.59 Å². The SMILES string of the molecule is O=C(N[C@@H]1c2ccccc2C[C@H]1O)c1cnc(C2CC2)[nH]c1=O. The molecule has 2 aliphatic carbocycles. The Bertz CT molecular complexity index is 826. The van der Waals surface area contributed by atoms with Crippen LogP contribution in [0, 0.1) is 0 Å². The van der Waals surface area contributed by atoms with Crippen LogP contribution in [0.2, 0.25) is 0 Å². The van der Waals surface area contributed by atoms with Crippen molar-refractivity contribution in [2.45, 2.75) is 37.3 Å². The van der Waals surface area contributed by atoms with Gasteiger partial charge in [-0.05, 0) is 24.0 Å². The summed E-state index contributed by atoms with van der Waals surface area (Å²) < 4.78 is 0. The number of benzene rings is 1. The fourth-order valence-electron chi connectivity index (χ4n) is 3.10. The van der Waals surface area contributed by atoms with Crippen LogP contribution >= 0.6 is 0 Å². The summed E-state index contributed by atoms with van der Waals surface area (Å²) in [6.45, 7) is 0. The standard InChI is InChI=1S/C17H17N3O3/c21-13-7-10-3-1-2-4-11(10)14(13)19-16(22)12-8-18-15(9-5-6-9)20-17(12)23/h1-4,8-9,13-14,21H,5-7H2,(H,19,22)(H,18,20,23)/t13-,14-/m1/s1. The third-order valence-electron chi connectivity index (χ3n) is 4.52. The molecule has 2 aliphatic rings. The molecule has 1 aromatic carbocycles. The Balaban J connectivity index is 1.57. The van der Waals surface area contributed by atoms with Crippen molar-refractivity contribution in [1.29, 1.82) is 0 Å². The average Bonchev–Trinajstić information content (AvgIpc) is 3.33. The first-order chi connectivity index (χ1) is 11.1. The van der Waals surface area contributed by atoms with E-state index in [0.29, 0.717) is 18.2 Å². The maximum Gasteiger partial charge on any atom is 0.263 e. The number of carbonyl (C=O) groups is 1. The fourth-order valence-corrected chi connectivity index (χ4v) is 3.10. The molecule has 2 atom stereocenters. The number of carbonyl (C=O) groups excluding carboxylic acids is 1. The zero-order valence-corrected chi connectivity index (χ0v) is 12.5. The lowest BCUT2D eigenvalue weighted by molar-refractivity contribution is 0.0856. The summed E-state index contributed by atoms with van der Waals surface area (Å²) in [6, 6.07) is 7.09. The number of nitrogens with zero attached hydrogens (tertiary/aromatic N) is 1. The summed E-state index contributed by atoms with van der Waals surface area (Å²) in [5.74, 6) is 0.461. The third-order valence-corrected chi connectivity index (χ3v) is 4.52. The number of aromatic nitrogens is 2. The Morgan fingerprint density at radius 2 is 2.09 bits per heavy atom. The van der Waals surface area contributed by atoms with Gasteiger partial charge in [-0.2, -0.15) is 0 Å². The zero-order chi connectivity index (χ0) is 16.0. The molecule has 118 valence electrons. The highest BCUT2D eigenvalue weighted by molar-refractivity contribution is 5.93. The quantitative estimate of drug-likeness (QED) is 0.789. The lowest BCUT2D eigenvalue weighted by Crippen LogP contribution is -2.37. The molecule has 1 amide bonds. The van der Waals surface area contributed by atoms with Gasteiger partial charge in [0.1, 0.15) is 11.4 Å². The first-order valence-corrected chi connectivity index (χ1v) is 7.79. The predicted molar refractivity (Wildman–Crippen MR) is 83.2 cm³/mol. The molecule has 0 radical (unpaired) electrons. The van der Waals surface area contributed by atoms with E-state index in [1.807, 2.05) is 24.3 Å². The summed E-state index contributed by atoms with van der Waals surface area (Å²) in [7, 11) is 0. The highest BCUT2D eigenvalue weighted by Crippen LogP contribution is 2.37. The molecule has 1 saturated carbocycles. The summed E-state index contributed by atoms with van der Waals surface area (Å²) in [5.41, 5.74) is 1.46. The second kappa shape index (κ2) is 5.31. The normalized spacial score (nSPS) is 22.7. The predicted octanol–water partition coefficient (Wildman–Crippen LogP) is 1.04. The van der Waals surface area contributed by atoms with Crippen molar-refractivity contribution in [3.05, 3.63) is 63.3 Å². The number of aromatic amines is 1. The Kier molecular flexibility index (Phi) is 3.27. The van der Waals surface area contributed by atoms with E-state index in [9.17, 15) is 14.7 Å². The van der Waals surface area contributed by atoms with Gasteiger partial charge >= 0.3 is 0 Å². The molecule has 3 N–H and O–H groups in total. The zero-order valence-electron chi connectivity index (χ0n) is 12.5. The second-order valence-corrected chi connectivity index (χ2v) is 6.21. The van der Waals surface area contributed by atoms with Gasteiger partial charge in [0.15, 0.2) is 0 Å². The van der Waals surface area contributed by atoms with Crippen LogP contribution in [0.15, 0.2) is 35.3 Å². The summed E-state index contributed by atoms with van der Waals surface area (Å²) in [5, 5.41) is 12.9. The average molecular weight is 311 g/mol. The van der Waals surface area contributed by atoms with Gasteiger partial charge in [0.05, 0.1) is 12.1 Å². The molecule has 0 saturated heterocycles. The van der Waals surface area contributed by atoms with Crippen molar-refractivity contribution in [1.82, 2.24) is 15.3 Å². The van der Waals surface area contributed by atoms with Crippen molar-refractivity contribution in [3.63, 3.8) is 0 Å². The topological polar surface area (TPSA) is 95.1 Å². The third kappa shape index (κ3) is 2.55. The second-order valence-electron chi connectivity index (χ2n) is 6.21. The van der Waals surface area contributed by atoms with Crippen molar-refractivity contribution >= 4 is 5.91 Å². The van der Waals surface area contributed by atoms with Crippen LogP contribution in [0.4, 0.5) is 0 Å². The van der Waals surface area contributed by atoms with Crippen molar-refractivity contribution in [2.24, 2.45) is 0 Å². The molecule has 1 aromatic heterocycles. The number of H-pyrrole nitrogens is 1. The number of rotatable bonds is 3. The minimum atomic E-state index is -0.686. The van der Waals surface area contributed by atoms with Crippen molar-refractivity contribution in [3.8, 4) is 0 Å². The molecule has 4 rings (SSSR count).